The minimum absolute atomic E-state index is 0.309. The highest BCUT2D eigenvalue weighted by Crippen LogP contribution is 2.27. The molecule has 7 heteroatoms. The monoisotopic (exact) mass is 383 g/mol. The molecule has 132 valence electrons. The van der Waals surface area contributed by atoms with Gasteiger partial charge in [-0.05, 0) is 49.7 Å². The van der Waals surface area contributed by atoms with Crippen molar-refractivity contribution in [2.45, 2.75) is 18.1 Å². The van der Waals surface area contributed by atoms with Gasteiger partial charge in [0.15, 0.2) is 0 Å². The van der Waals surface area contributed by atoms with E-state index in [2.05, 4.69) is 9.71 Å². The molecule has 0 unspecified atom stereocenters. The fourth-order valence-electron chi connectivity index (χ4n) is 2.80. The molecule has 1 N–H and O–H groups in total. The zero-order valence-corrected chi connectivity index (χ0v) is 15.9. The fourth-order valence-corrected chi connectivity index (χ4v) is 5.13. The molecule has 0 saturated heterocycles. The van der Waals surface area contributed by atoms with Crippen LogP contribution in [0.4, 0.5) is 5.69 Å². The number of pyridine rings is 1. The van der Waals surface area contributed by atoms with Crippen LogP contribution in [0, 0.1) is 13.8 Å². The molecule has 3 aromatic heterocycles. The SMILES string of the molecule is Cc1ccc(S(=O)(=O)Nc2cccc(-c3cn4cccc(C)c4n3)c2)s1. The number of sulfonamides is 1. The Hall–Kier alpha value is -2.64. The average molecular weight is 383 g/mol. The molecule has 4 rings (SSSR count). The summed E-state index contributed by atoms with van der Waals surface area (Å²) in [5, 5.41) is 0. The van der Waals surface area contributed by atoms with Gasteiger partial charge in [-0.25, -0.2) is 13.4 Å². The zero-order valence-electron chi connectivity index (χ0n) is 14.3. The Balaban J connectivity index is 1.69. The van der Waals surface area contributed by atoms with Crippen molar-refractivity contribution in [2.24, 2.45) is 0 Å². The van der Waals surface area contributed by atoms with Gasteiger partial charge in [-0.1, -0.05) is 18.2 Å². The number of imidazole rings is 1. The van der Waals surface area contributed by atoms with Crippen molar-refractivity contribution in [3.8, 4) is 11.3 Å². The Kier molecular flexibility index (Phi) is 4.05. The lowest BCUT2D eigenvalue weighted by molar-refractivity contribution is 0.603. The normalized spacial score (nSPS) is 11.8. The van der Waals surface area contributed by atoms with Crippen molar-refractivity contribution in [1.29, 1.82) is 0 Å². The second kappa shape index (κ2) is 6.26. The molecule has 0 fully saturated rings. The van der Waals surface area contributed by atoms with Gasteiger partial charge < -0.3 is 4.40 Å². The molecule has 26 heavy (non-hydrogen) atoms. The van der Waals surface area contributed by atoms with Gasteiger partial charge in [0.25, 0.3) is 10.0 Å². The Morgan fingerprint density at radius 1 is 1.08 bits per heavy atom. The van der Waals surface area contributed by atoms with Crippen LogP contribution < -0.4 is 4.72 Å². The first-order valence-corrected chi connectivity index (χ1v) is 10.4. The van der Waals surface area contributed by atoms with Crippen LogP contribution in [0.2, 0.25) is 0 Å². The molecule has 0 aliphatic heterocycles. The van der Waals surface area contributed by atoms with Crippen LogP contribution in [0.25, 0.3) is 16.9 Å². The number of aryl methyl sites for hydroxylation is 2. The summed E-state index contributed by atoms with van der Waals surface area (Å²) in [4.78, 5) is 5.63. The van der Waals surface area contributed by atoms with E-state index in [1.54, 1.807) is 24.3 Å². The van der Waals surface area contributed by atoms with E-state index in [0.29, 0.717) is 9.90 Å². The van der Waals surface area contributed by atoms with Crippen LogP contribution in [0.15, 0.2) is 65.1 Å². The van der Waals surface area contributed by atoms with Crippen LogP contribution in [-0.4, -0.2) is 17.8 Å². The standard InChI is InChI=1S/C19H17N3O2S2/c1-13-5-4-10-22-12-17(20-19(13)22)15-6-3-7-16(11-15)21-26(23,24)18-9-8-14(2)25-18/h3-12,21H,1-2H3. The highest BCUT2D eigenvalue weighted by Gasteiger charge is 2.16. The summed E-state index contributed by atoms with van der Waals surface area (Å²) in [6, 6.07) is 14.7. The van der Waals surface area contributed by atoms with Crippen LogP contribution in [-0.2, 0) is 10.0 Å². The second-order valence-corrected chi connectivity index (χ2v) is 9.30. The number of anilines is 1. The summed E-state index contributed by atoms with van der Waals surface area (Å²) in [6.07, 6.45) is 3.89. The Morgan fingerprint density at radius 3 is 2.65 bits per heavy atom. The highest BCUT2D eigenvalue weighted by atomic mass is 32.2. The number of aromatic nitrogens is 2. The number of benzene rings is 1. The lowest BCUT2D eigenvalue weighted by atomic mass is 10.1. The average Bonchev–Trinajstić information content (AvgIpc) is 3.22. The largest absolute Gasteiger partial charge is 0.306 e. The van der Waals surface area contributed by atoms with E-state index in [9.17, 15) is 8.42 Å². The fraction of sp³-hybridized carbons (Fsp3) is 0.105. The molecule has 3 heterocycles. The van der Waals surface area contributed by atoms with Crippen molar-refractivity contribution in [2.75, 3.05) is 4.72 Å². The molecule has 0 amide bonds. The van der Waals surface area contributed by atoms with Crippen molar-refractivity contribution >= 4 is 32.7 Å². The summed E-state index contributed by atoms with van der Waals surface area (Å²) in [6.45, 7) is 3.90. The van der Waals surface area contributed by atoms with Crippen LogP contribution in [0.1, 0.15) is 10.4 Å². The molecule has 0 bridgehead atoms. The number of thiophene rings is 1. The third-order valence-electron chi connectivity index (χ3n) is 4.07. The van der Waals surface area contributed by atoms with E-state index in [4.69, 9.17) is 0 Å². The van der Waals surface area contributed by atoms with Crippen molar-refractivity contribution < 1.29 is 8.42 Å². The second-order valence-electron chi connectivity index (χ2n) is 6.10. The maximum atomic E-state index is 12.5. The summed E-state index contributed by atoms with van der Waals surface area (Å²) >= 11 is 1.25. The Morgan fingerprint density at radius 2 is 1.92 bits per heavy atom. The van der Waals surface area contributed by atoms with Crippen LogP contribution >= 0.6 is 11.3 Å². The van der Waals surface area contributed by atoms with Gasteiger partial charge in [0.1, 0.15) is 9.86 Å². The molecule has 0 aliphatic carbocycles. The van der Waals surface area contributed by atoms with Crippen molar-refractivity contribution in [3.05, 3.63) is 71.4 Å². The molecule has 0 radical (unpaired) electrons. The maximum absolute atomic E-state index is 12.5. The summed E-state index contributed by atoms with van der Waals surface area (Å²) < 4.78 is 30.0. The van der Waals surface area contributed by atoms with Gasteiger partial charge >= 0.3 is 0 Å². The van der Waals surface area contributed by atoms with Gasteiger partial charge in [-0.3, -0.25) is 4.72 Å². The third-order valence-corrected chi connectivity index (χ3v) is 6.94. The van der Waals surface area contributed by atoms with E-state index in [0.717, 1.165) is 27.3 Å². The highest BCUT2D eigenvalue weighted by molar-refractivity contribution is 7.94. The summed E-state index contributed by atoms with van der Waals surface area (Å²) in [7, 11) is -3.58. The van der Waals surface area contributed by atoms with E-state index >= 15 is 0 Å². The van der Waals surface area contributed by atoms with Crippen LogP contribution in [0.5, 0.6) is 0 Å². The third kappa shape index (κ3) is 3.11. The van der Waals surface area contributed by atoms with E-state index < -0.39 is 10.0 Å². The molecule has 5 nitrogen and oxygen atoms in total. The topological polar surface area (TPSA) is 63.5 Å². The molecule has 0 spiro atoms. The minimum Gasteiger partial charge on any atom is -0.306 e. The molecule has 0 atom stereocenters. The van der Waals surface area contributed by atoms with Gasteiger partial charge in [-0.2, -0.15) is 0 Å². The number of nitrogens with zero attached hydrogens (tertiary/aromatic N) is 2. The Labute approximate surface area is 156 Å². The number of rotatable bonds is 4. The molecule has 4 aromatic rings. The predicted octanol–water partition coefficient (Wildman–Crippen LogP) is 4.48. The van der Waals surface area contributed by atoms with Gasteiger partial charge in [0.05, 0.1) is 5.69 Å². The smallest absolute Gasteiger partial charge is 0.271 e. The van der Waals surface area contributed by atoms with Crippen molar-refractivity contribution in [3.63, 3.8) is 0 Å². The molecular formula is C19H17N3O2S2. The number of nitrogens with one attached hydrogen (secondary N) is 1. The number of fused-ring (bicyclic) bond motifs is 1. The van der Waals surface area contributed by atoms with Crippen LogP contribution in [0.3, 0.4) is 0 Å². The molecular weight excluding hydrogens is 366 g/mol. The Bertz CT molecular complexity index is 1210. The van der Waals surface area contributed by atoms with Crippen molar-refractivity contribution in [1.82, 2.24) is 9.38 Å². The first kappa shape index (κ1) is 16.8. The molecule has 0 aliphatic rings. The first-order chi connectivity index (χ1) is 12.4. The number of hydrogen-bond donors (Lipinski definition) is 1. The molecule has 1 aromatic carbocycles. The van der Waals surface area contributed by atoms with Gasteiger partial charge in [0, 0.05) is 28.5 Å². The van der Waals surface area contributed by atoms with E-state index in [-0.39, 0.29) is 0 Å². The first-order valence-electron chi connectivity index (χ1n) is 8.06. The zero-order chi connectivity index (χ0) is 18.3. The van der Waals surface area contributed by atoms with E-state index in [1.165, 1.54) is 11.3 Å². The van der Waals surface area contributed by atoms with Gasteiger partial charge in [-0.15, -0.1) is 11.3 Å². The maximum Gasteiger partial charge on any atom is 0.271 e. The van der Waals surface area contributed by atoms with E-state index in [1.807, 2.05) is 54.9 Å². The lowest BCUT2D eigenvalue weighted by Crippen LogP contribution is -2.11. The quantitative estimate of drug-likeness (QED) is 0.565. The lowest BCUT2D eigenvalue weighted by Gasteiger charge is -2.07. The summed E-state index contributed by atoms with van der Waals surface area (Å²) in [5.74, 6) is 0. The summed E-state index contributed by atoms with van der Waals surface area (Å²) in [5.41, 5.74) is 4.15. The van der Waals surface area contributed by atoms with Gasteiger partial charge in [0.2, 0.25) is 0 Å². The molecule has 0 saturated carbocycles. The minimum atomic E-state index is -3.58. The predicted molar refractivity (Wildman–Crippen MR) is 105 cm³/mol. The number of hydrogen-bond acceptors (Lipinski definition) is 4.